The maximum absolute atomic E-state index is 11.7. The standard InChI is InChI=1S/C12H15NO/c1-7-5-8(2)10-9(6-7)12(3,4)11(14)13-10/h5-6H,1-4H3,(H,13,14). The van der Waals surface area contributed by atoms with Crippen LogP contribution in [0.2, 0.25) is 0 Å². The lowest BCUT2D eigenvalue weighted by Gasteiger charge is -2.15. The molecule has 74 valence electrons. The highest BCUT2D eigenvalue weighted by Gasteiger charge is 2.38. The van der Waals surface area contributed by atoms with Crippen LogP contribution in [-0.4, -0.2) is 5.91 Å². The molecule has 1 amide bonds. The molecule has 0 saturated heterocycles. The number of carbonyl (C=O) groups excluding carboxylic acids is 1. The van der Waals surface area contributed by atoms with Gasteiger partial charge in [0.25, 0.3) is 0 Å². The van der Waals surface area contributed by atoms with E-state index in [1.165, 1.54) is 5.56 Å². The van der Waals surface area contributed by atoms with Crippen molar-refractivity contribution in [1.29, 1.82) is 0 Å². The molecule has 2 heteroatoms. The van der Waals surface area contributed by atoms with Crippen LogP contribution < -0.4 is 5.32 Å². The molecule has 0 spiro atoms. The Hall–Kier alpha value is -1.31. The molecule has 1 N–H and O–H groups in total. The van der Waals surface area contributed by atoms with E-state index >= 15 is 0 Å². The van der Waals surface area contributed by atoms with E-state index in [9.17, 15) is 4.79 Å². The second kappa shape index (κ2) is 2.59. The van der Waals surface area contributed by atoms with Crippen LogP contribution in [0, 0.1) is 13.8 Å². The first-order chi connectivity index (χ1) is 6.43. The number of anilines is 1. The lowest BCUT2D eigenvalue weighted by molar-refractivity contribution is -0.119. The minimum absolute atomic E-state index is 0.0983. The second-order valence-corrected chi connectivity index (χ2v) is 4.58. The van der Waals surface area contributed by atoms with Crippen LogP contribution in [0.15, 0.2) is 12.1 Å². The van der Waals surface area contributed by atoms with Crippen molar-refractivity contribution in [2.45, 2.75) is 33.1 Å². The molecule has 0 bridgehead atoms. The van der Waals surface area contributed by atoms with Crippen LogP contribution in [0.3, 0.4) is 0 Å². The predicted octanol–water partition coefficient (Wildman–Crippen LogP) is 2.53. The predicted molar refractivity (Wildman–Crippen MR) is 57.6 cm³/mol. The Kier molecular flexibility index (Phi) is 1.71. The van der Waals surface area contributed by atoms with Gasteiger partial charge in [-0.2, -0.15) is 0 Å². The number of amides is 1. The summed E-state index contributed by atoms with van der Waals surface area (Å²) in [5.74, 6) is 0.0983. The third kappa shape index (κ3) is 1.07. The number of rotatable bonds is 0. The highest BCUT2D eigenvalue weighted by atomic mass is 16.2. The molecular formula is C12H15NO. The van der Waals surface area contributed by atoms with Crippen LogP contribution >= 0.6 is 0 Å². The molecule has 0 radical (unpaired) electrons. The van der Waals surface area contributed by atoms with Gasteiger partial charge in [-0.3, -0.25) is 4.79 Å². The first-order valence-corrected chi connectivity index (χ1v) is 4.86. The van der Waals surface area contributed by atoms with Crippen molar-refractivity contribution in [2.24, 2.45) is 0 Å². The Labute approximate surface area is 84.3 Å². The molecule has 0 aliphatic carbocycles. The fourth-order valence-electron chi connectivity index (χ4n) is 2.02. The summed E-state index contributed by atoms with van der Waals surface area (Å²) in [5.41, 5.74) is 4.11. The Balaban J connectivity index is 2.71. The Morgan fingerprint density at radius 3 is 2.50 bits per heavy atom. The normalized spacial score (nSPS) is 17.9. The summed E-state index contributed by atoms with van der Waals surface area (Å²) < 4.78 is 0. The maximum atomic E-state index is 11.7. The Morgan fingerprint density at radius 2 is 1.86 bits per heavy atom. The Bertz CT molecular complexity index is 419. The number of benzene rings is 1. The molecule has 2 nitrogen and oxygen atoms in total. The molecule has 14 heavy (non-hydrogen) atoms. The van der Waals surface area contributed by atoms with Gasteiger partial charge in [0, 0.05) is 5.69 Å². The van der Waals surface area contributed by atoms with Crippen LogP contribution in [0.1, 0.15) is 30.5 Å². The maximum Gasteiger partial charge on any atom is 0.234 e. The van der Waals surface area contributed by atoms with Crippen LogP contribution in [0.25, 0.3) is 0 Å². The summed E-state index contributed by atoms with van der Waals surface area (Å²) >= 11 is 0. The van der Waals surface area contributed by atoms with Crippen molar-refractivity contribution < 1.29 is 4.79 Å². The number of aryl methyl sites for hydroxylation is 2. The zero-order valence-corrected chi connectivity index (χ0v) is 9.06. The molecule has 1 heterocycles. The smallest absolute Gasteiger partial charge is 0.234 e. The largest absolute Gasteiger partial charge is 0.325 e. The quantitative estimate of drug-likeness (QED) is 0.667. The number of fused-ring (bicyclic) bond motifs is 1. The SMILES string of the molecule is Cc1cc(C)c2c(c1)C(C)(C)C(=O)N2. The molecule has 0 fully saturated rings. The molecule has 1 aromatic rings. The number of carbonyl (C=O) groups is 1. The lowest BCUT2D eigenvalue weighted by atomic mass is 9.85. The van der Waals surface area contributed by atoms with Crippen LogP contribution in [0.5, 0.6) is 0 Å². The first kappa shape index (κ1) is 9.25. The van der Waals surface area contributed by atoms with Gasteiger partial charge in [0.1, 0.15) is 0 Å². The van der Waals surface area contributed by atoms with E-state index in [4.69, 9.17) is 0 Å². The molecule has 1 aliphatic heterocycles. The van der Waals surface area contributed by atoms with Gasteiger partial charge in [-0.05, 0) is 38.8 Å². The van der Waals surface area contributed by atoms with Gasteiger partial charge < -0.3 is 5.32 Å². The van der Waals surface area contributed by atoms with E-state index < -0.39 is 0 Å². The minimum atomic E-state index is -0.383. The van der Waals surface area contributed by atoms with Gasteiger partial charge in [-0.25, -0.2) is 0 Å². The van der Waals surface area contributed by atoms with Gasteiger partial charge >= 0.3 is 0 Å². The second-order valence-electron chi connectivity index (χ2n) is 4.58. The molecule has 2 rings (SSSR count). The third-order valence-corrected chi connectivity index (χ3v) is 2.96. The average molecular weight is 189 g/mol. The number of nitrogens with one attached hydrogen (secondary N) is 1. The molecule has 0 atom stereocenters. The van der Waals surface area contributed by atoms with E-state index in [0.29, 0.717) is 0 Å². The minimum Gasteiger partial charge on any atom is -0.325 e. The van der Waals surface area contributed by atoms with Gasteiger partial charge in [-0.15, -0.1) is 0 Å². The average Bonchev–Trinajstić information content (AvgIpc) is 2.28. The number of hydrogen-bond donors (Lipinski definition) is 1. The van der Waals surface area contributed by atoms with Crippen LogP contribution in [0.4, 0.5) is 5.69 Å². The zero-order chi connectivity index (χ0) is 10.5. The van der Waals surface area contributed by atoms with Gasteiger partial charge in [0.05, 0.1) is 5.41 Å². The van der Waals surface area contributed by atoms with E-state index in [1.807, 2.05) is 20.8 Å². The molecule has 0 saturated carbocycles. The summed E-state index contributed by atoms with van der Waals surface area (Å²) in [6.07, 6.45) is 0. The summed E-state index contributed by atoms with van der Waals surface area (Å²) in [7, 11) is 0. The molecule has 0 aromatic heterocycles. The fraction of sp³-hybridized carbons (Fsp3) is 0.417. The van der Waals surface area contributed by atoms with Crippen molar-refractivity contribution in [3.05, 3.63) is 28.8 Å². The number of hydrogen-bond acceptors (Lipinski definition) is 1. The summed E-state index contributed by atoms with van der Waals surface area (Å²) in [4.78, 5) is 11.7. The van der Waals surface area contributed by atoms with Gasteiger partial charge in [-0.1, -0.05) is 17.7 Å². The monoisotopic (exact) mass is 189 g/mol. The summed E-state index contributed by atoms with van der Waals surface area (Å²) in [5, 5.41) is 2.94. The van der Waals surface area contributed by atoms with Gasteiger partial charge in [0.15, 0.2) is 0 Å². The highest BCUT2D eigenvalue weighted by molar-refractivity contribution is 6.06. The zero-order valence-electron chi connectivity index (χ0n) is 9.06. The van der Waals surface area contributed by atoms with E-state index in [0.717, 1.165) is 16.8 Å². The first-order valence-electron chi connectivity index (χ1n) is 4.86. The lowest BCUT2D eigenvalue weighted by Crippen LogP contribution is -2.26. The van der Waals surface area contributed by atoms with Crippen molar-refractivity contribution in [3.63, 3.8) is 0 Å². The molecule has 1 aromatic carbocycles. The summed E-state index contributed by atoms with van der Waals surface area (Å²) in [6.45, 7) is 8.03. The Morgan fingerprint density at radius 1 is 1.21 bits per heavy atom. The third-order valence-electron chi connectivity index (χ3n) is 2.96. The van der Waals surface area contributed by atoms with Crippen LogP contribution in [-0.2, 0) is 10.2 Å². The van der Waals surface area contributed by atoms with E-state index in [-0.39, 0.29) is 11.3 Å². The van der Waals surface area contributed by atoms with E-state index in [1.54, 1.807) is 0 Å². The van der Waals surface area contributed by atoms with Gasteiger partial charge in [0.2, 0.25) is 5.91 Å². The molecule has 0 unspecified atom stereocenters. The molecular weight excluding hydrogens is 174 g/mol. The fourth-order valence-corrected chi connectivity index (χ4v) is 2.02. The molecule has 1 aliphatic rings. The highest BCUT2D eigenvalue weighted by Crippen LogP contribution is 2.39. The van der Waals surface area contributed by atoms with Crippen molar-refractivity contribution in [1.82, 2.24) is 0 Å². The van der Waals surface area contributed by atoms with Crippen molar-refractivity contribution >= 4 is 11.6 Å². The topological polar surface area (TPSA) is 29.1 Å². The van der Waals surface area contributed by atoms with Crippen molar-refractivity contribution in [3.8, 4) is 0 Å². The summed E-state index contributed by atoms with van der Waals surface area (Å²) in [6, 6.07) is 4.20. The van der Waals surface area contributed by atoms with E-state index in [2.05, 4.69) is 24.4 Å². The van der Waals surface area contributed by atoms with Crippen molar-refractivity contribution in [2.75, 3.05) is 5.32 Å².